The number of amides is 2. The summed E-state index contributed by atoms with van der Waals surface area (Å²) < 4.78 is 5.13. The number of aromatic nitrogens is 1. The molecule has 1 aliphatic rings. The number of carbonyl (C=O) groups is 3. The monoisotopic (exact) mass is 375 g/mol. The number of ether oxygens (including phenoxy) is 1. The van der Waals surface area contributed by atoms with Crippen molar-refractivity contribution in [1.29, 1.82) is 0 Å². The standard InChI is InChI=1S/C21H17N3O4/c25-19-9-7-13-11-14(6-8-16(13)23-19)21(27)28-12-20(26)24-18-5-1-4-17-15(18)3-2-10-22-17/h1-6,8,10-11H,7,9,12H2,(H,23,25)(H,24,26). The van der Waals surface area contributed by atoms with Crippen molar-refractivity contribution in [2.24, 2.45) is 0 Å². The second-order valence-corrected chi connectivity index (χ2v) is 6.42. The largest absolute Gasteiger partial charge is 0.452 e. The van der Waals surface area contributed by atoms with Gasteiger partial charge in [0.25, 0.3) is 5.91 Å². The zero-order chi connectivity index (χ0) is 19.5. The van der Waals surface area contributed by atoms with Crippen LogP contribution in [0.4, 0.5) is 11.4 Å². The fraction of sp³-hybridized carbons (Fsp3) is 0.143. The fourth-order valence-corrected chi connectivity index (χ4v) is 3.12. The van der Waals surface area contributed by atoms with Crippen molar-refractivity contribution >= 4 is 40.1 Å². The normalized spacial score (nSPS) is 12.8. The highest BCUT2D eigenvalue weighted by molar-refractivity contribution is 6.02. The third kappa shape index (κ3) is 3.68. The lowest BCUT2D eigenvalue weighted by molar-refractivity contribution is -0.119. The summed E-state index contributed by atoms with van der Waals surface area (Å²) in [5.41, 5.74) is 3.29. The minimum atomic E-state index is -0.588. The van der Waals surface area contributed by atoms with E-state index < -0.39 is 18.5 Å². The molecule has 7 nitrogen and oxygen atoms in total. The first kappa shape index (κ1) is 17.7. The Morgan fingerprint density at radius 3 is 2.89 bits per heavy atom. The molecule has 7 heteroatoms. The zero-order valence-corrected chi connectivity index (χ0v) is 14.9. The quantitative estimate of drug-likeness (QED) is 0.684. The lowest BCUT2D eigenvalue weighted by Crippen LogP contribution is -2.22. The summed E-state index contributed by atoms with van der Waals surface area (Å²) in [5, 5.41) is 6.31. The minimum Gasteiger partial charge on any atom is -0.452 e. The number of pyridine rings is 1. The third-order valence-corrected chi connectivity index (χ3v) is 4.49. The highest BCUT2D eigenvalue weighted by Crippen LogP contribution is 2.24. The molecular formula is C21H17N3O4. The average molecular weight is 375 g/mol. The van der Waals surface area contributed by atoms with Crippen LogP contribution in [0, 0.1) is 0 Å². The van der Waals surface area contributed by atoms with E-state index in [0.717, 1.165) is 16.5 Å². The van der Waals surface area contributed by atoms with Crippen molar-refractivity contribution < 1.29 is 19.1 Å². The van der Waals surface area contributed by atoms with Gasteiger partial charge in [-0.2, -0.15) is 0 Å². The maximum atomic E-state index is 12.3. The zero-order valence-electron chi connectivity index (χ0n) is 14.9. The Morgan fingerprint density at radius 2 is 2.00 bits per heavy atom. The molecule has 0 aliphatic carbocycles. The number of hydrogen-bond donors (Lipinski definition) is 2. The van der Waals surface area contributed by atoms with Gasteiger partial charge in [0.2, 0.25) is 5.91 Å². The molecule has 0 atom stereocenters. The Hall–Kier alpha value is -3.74. The van der Waals surface area contributed by atoms with Gasteiger partial charge in [-0.25, -0.2) is 4.79 Å². The number of carbonyl (C=O) groups excluding carboxylic acids is 3. The van der Waals surface area contributed by atoms with Gasteiger partial charge < -0.3 is 15.4 Å². The van der Waals surface area contributed by atoms with Gasteiger partial charge in [0.1, 0.15) is 0 Å². The molecule has 2 heterocycles. The van der Waals surface area contributed by atoms with Gasteiger partial charge in [0, 0.05) is 23.7 Å². The minimum absolute atomic E-state index is 0.0388. The number of anilines is 2. The van der Waals surface area contributed by atoms with Crippen LogP contribution in [-0.2, 0) is 20.7 Å². The molecule has 0 bridgehead atoms. The first-order valence-electron chi connectivity index (χ1n) is 8.84. The lowest BCUT2D eigenvalue weighted by atomic mass is 10.0. The summed E-state index contributed by atoms with van der Waals surface area (Å²) >= 11 is 0. The molecule has 140 valence electrons. The van der Waals surface area contributed by atoms with Crippen LogP contribution >= 0.6 is 0 Å². The molecule has 3 aromatic rings. The van der Waals surface area contributed by atoms with Crippen LogP contribution in [-0.4, -0.2) is 29.4 Å². The lowest BCUT2D eigenvalue weighted by Gasteiger charge is -2.17. The number of nitrogens with one attached hydrogen (secondary N) is 2. The highest BCUT2D eigenvalue weighted by Gasteiger charge is 2.18. The van der Waals surface area contributed by atoms with Crippen molar-refractivity contribution in [1.82, 2.24) is 4.98 Å². The van der Waals surface area contributed by atoms with Gasteiger partial charge in [0.05, 0.1) is 16.8 Å². The van der Waals surface area contributed by atoms with Crippen molar-refractivity contribution in [3.63, 3.8) is 0 Å². The van der Waals surface area contributed by atoms with E-state index in [1.165, 1.54) is 0 Å². The first-order valence-corrected chi connectivity index (χ1v) is 8.84. The van der Waals surface area contributed by atoms with Crippen molar-refractivity contribution in [3.8, 4) is 0 Å². The molecular weight excluding hydrogens is 358 g/mol. The topological polar surface area (TPSA) is 97.4 Å². The Bertz CT molecular complexity index is 1090. The predicted molar refractivity (Wildman–Crippen MR) is 104 cm³/mol. The van der Waals surface area contributed by atoms with Gasteiger partial charge in [-0.3, -0.25) is 14.6 Å². The first-order chi connectivity index (χ1) is 13.6. The summed E-state index contributed by atoms with van der Waals surface area (Å²) in [7, 11) is 0. The van der Waals surface area contributed by atoms with Crippen LogP contribution in [0.3, 0.4) is 0 Å². The third-order valence-electron chi connectivity index (χ3n) is 4.49. The molecule has 1 aromatic heterocycles. The molecule has 2 aromatic carbocycles. The number of aryl methyl sites for hydroxylation is 1. The maximum Gasteiger partial charge on any atom is 0.338 e. The van der Waals surface area contributed by atoms with Crippen LogP contribution in [0.1, 0.15) is 22.3 Å². The summed E-state index contributed by atoms with van der Waals surface area (Å²) in [6, 6.07) is 14.0. The van der Waals surface area contributed by atoms with E-state index in [4.69, 9.17) is 4.74 Å². The fourth-order valence-electron chi connectivity index (χ4n) is 3.12. The number of hydrogen-bond acceptors (Lipinski definition) is 5. The van der Waals surface area contributed by atoms with E-state index in [0.29, 0.717) is 29.8 Å². The smallest absolute Gasteiger partial charge is 0.338 e. The van der Waals surface area contributed by atoms with Crippen molar-refractivity contribution in [2.45, 2.75) is 12.8 Å². The second kappa shape index (κ2) is 7.48. The molecule has 0 spiro atoms. The maximum absolute atomic E-state index is 12.3. The van der Waals surface area contributed by atoms with Crippen molar-refractivity contribution in [2.75, 3.05) is 17.2 Å². The summed E-state index contributed by atoms with van der Waals surface area (Å²) in [6.07, 6.45) is 2.63. The molecule has 2 N–H and O–H groups in total. The summed E-state index contributed by atoms with van der Waals surface area (Å²) in [5.74, 6) is -1.06. The van der Waals surface area contributed by atoms with Crippen LogP contribution < -0.4 is 10.6 Å². The van der Waals surface area contributed by atoms with Gasteiger partial charge in [0.15, 0.2) is 6.61 Å². The Balaban J connectivity index is 1.39. The van der Waals surface area contributed by atoms with Gasteiger partial charge in [-0.05, 0) is 54.4 Å². The van der Waals surface area contributed by atoms with E-state index in [-0.39, 0.29) is 5.91 Å². The van der Waals surface area contributed by atoms with E-state index in [1.54, 1.807) is 42.6 Å². The number of nitrogens with zero attached hydrogens (tertiary/aromatic N) is 1. The van der Waals surface area contributed by atoms with Gasteiger partial charge in [-0.15, -0.1) is 0 Å². The number of benzene rings is 2. The van der Waals surface area contributed by atoms with Gasteiger partial charge >= 0.3 is 5.97 Å². The van der Waals surface area contributed by atoms with E-state index in [9.17, 15) is 14.4 Å². The molecule has 0 radical (unpaired) electrons. The molecule has 0 saturated carbocycles. The van der Waals surface area contributed by atoms with Crippen molar-refractivity contribution in [3.05, 3.63) is 65.9 Å². The molecule has 0 saturated heterocycles. The molecule has 1 aliphatic heterocycles. The second-order valence-electron chi connectivity index (χ2n) is 6.42. The van der Waals surface area contributed by atoms with E-state index in [1.807, 2.05) is 12.1 Å². The predicted octanol–water partition coefficient (Wildman–Crippen LogP) is 2.92. The summed E-state index contributed by atoms with van der Waals surface area (Å²) in [6.45, 7) is -0.400. The van der Waals surface area contributed by atoms with Crippen LogP contribution in [0.25, 0.3) is 10.9 Å². The van der Waals surface area contributed by atoms with E-state index in [2.05, 4.69) is 15.6 Å². The van der Waals surface area contributed by atoms with Crippen LogP contribution in [0.15, 0.2) is 54.7 Å². The van der Waals surface area contributed by atoms with Gasteiger partial charge in [-0.1, -0.05) is 6.07 Å². The number of rotatable bonds is 4. The van der Waals surface area contributed by atoms with E-state index >= 15 is 0 Å². The Morgan fingerprint density at radius 1 is 1.11 bits per heavy atom. The summed E-state index contributed by atoms with van der Waals surface area (Å²) in [4.78, 5) is 40.1. The number of esters is 1. The van der Waals surface area contributed by atoms with Crippen LogP contribution in [0.2, 0.25) is 0 Å². The number of fused-ring (bicyclic) bond motifs is 2. The molecule has 0 unspecified atom stereocenters. The highest BCUT2D eigenvalue weighted by atomic mass is 16.5. The molecule has 28 heavy (non-hydrogen) atoms. The Labute approximate surface area is 160 Å². The molecule has 4 rings (SSSR count). The van der Waals surface area contributed by atoms with Crippen LogP contribution in [0.5, 0.6) is 0 Å². The molecule has 2 amide bonds. The molecule has 0 fully saturated rings. The Kier molecular flexibility index (Phi) is 4.72. The SMILES string of the molecule is O=C1CCc2cc(C(=O)OCC(=O)Nc3cccc4ncccc34)ccc2N1. The average Bonchev–Trinajstić information content (AvgIpc) is 2.72.